The summed E-state index contributed by atoms with van der Waals surface area (Å²) in [7, 11) is 0. The lowest BCUT2D eigenvalue weighted by atomic mass is 9.97. The summed E-state index contributed by atoms with van der Waals surface area (Å²) in [6, 6.07) is 0. The van der Waals surface area contributed by atoms with Gasteiger partial charge < -0.3 is 25.5 Å². The summed E-state index contributed by atoms with van der Waals surface area (Å²) in [5, 5.41) is 21.3. The molecule has 0 unspecified atom stereocenters. The van der Waals surface area contributed by atoms with Crippen molar-refractivity contribution >= 4 is 53.9 Å². The Morgan fingerprint density at radius 3 is 2.11 bits per heavy atom. The van der Waals surface area contributed by atoms with Gasteiger partial charge in [0.2, 0.25) is 5.78 Å². The van der Waals surface area contributed by atoms with E-state index in [0.29, 0.717) is 61.9 Å². The predicted molar refractivity (Wildman–Crippen MR) is 171 cm³/mol. The molecule has 0 aliphatic carbocycles. The van der Waals surface area contributed by atoms with Crippen LogP contribution < -0.4 is 5.32 Å². The van der Waals surface area contributed by atoms with Gasteiger partial charge in [-0.05, 0) is 80.5 Å². The molecule has 2 aromatic heterocycles. The molecule has 45 heavy (non-hydrogen) atoms. The summed E-state index contributed by atoms with van der Waals surface area (Å²) < 4.78 is 0. The zero-order valence-corrected chi connectivity index (χ0v) is 25.5. The number of hydrogen-bond donors (Lipinski definition) is 5. The van der Waals surface area contributed by atoms with E-state index in [4.69, 9.17) is 0 Å². The monoisotopic (exact) mass is 610 g/mol. The number of carboxylic acid groups (broad SMARTS) is 2. The average molecular weight is 611 g/mol. The number of aromatic nitrogens is 2. The number of H-pyrrole nitrogens is 2. The maximum Gasteiger partial charge on any atom is 0.303 e. The molecule has 0 saturated heterocycles. The highest BCUT2D eigenvalue weighted by Crippen LogP contribution is 2.33. The highest BCUT2D eigenvalue weighted by molar-refractivity contribution is 6.53. The molecule has 2 aliphatic heterocycles. The Hall–Kier alpha value is -5.58. The number of allylic oxidation sites excluding steroid dienone is 4. The molecule has 4 heterocycles. The summed E-state index contributed by atoms with van der Waals surface area (Å²) in [6.07, 6.45) is 7.07. The molecule has 0 atom stereocenters. The smallest absolute Gasteiger partial charge is 0.303 e. The molecule has 0 radical (unpaired) electrons. The van der Waals surface area contributed by atoms with Crippen molar-refractivity contribution in [2.45, 2.75) is 53.4 Å². The number of ketones is 1. The summed E-state index contributed by atoms with van der Waals surface area (Å²) in [4.78, 5) is 71.6. The number of carbonyl (C=O) groups is 5. The van der Waals surface area contributed by atoms with Crippen molar-refractivity contribution in [2.75, 3.05) is 0 Å². The zero-order valence-electron chi connectivity index (χ0n) is 25.5. The predicted octanol–water partition coefficient (Wildman–Crippen LogP) is 5.27. The van der Waals surface area contributed by atoms with Gasteiger partial charge >= 0.3 is 11.9 Å². The highest BCUT2D eigenvalue weighted by Gasteiger charge is 2.30. The number of hydrogen-bond acceptors (Lipinski definition) is 6. The largest absolute Gasteiger partial charge is 0.481 e. The number of amides is 1. The SMILES string of the molecule is C=CC1=C(C)/C(=C\c2[nH]c(C=O)c(C)c2C=C)N=C1C(=O)c1[nH]c(/C=C2/NC(=O)C(C)=C2CCC(=O)O)c(CCC(=O)O)c1C. The first-order valence-electron chi connectivity index (χ1n) is 14.2. The number of aromatic amines is 2. The third-order valence-electron chi connectivity index (χ3n) is 8.14. The van der Waals surface area contributed by atoms with Crippen LogP contribution in [0.15, 0.2) is 57.9 Å². The van der Waals surface area contributed by atoms with Crippen LogP contribution in [-0.4, -0.2) is 55.8 Å². The summed E-state index contributed by atoms with van der Waals surface area (Å²) in [5.74, 6) is -2.84. The molecular weight excluding hydrogens is 576 g/mol. The third-order valence-corrected chi connectivity index (χ3v) is 8.14. The second-order valence-corrected chi connectivity index (χ2v) is 10.8. The Balaban J connectivity index is 1.81. The van der Waals surface area contributed by atoms with Crippen molar-refractivity contribution in [1.82, 2.24) is 15.3 Å². The number of rotatable bonds is 13. The van der Waals surface area contributed by atoms with Gasteiger partial charge in [0.15, 0.2) is 6.29 Å². The first-order chi connectivity index (χ1) is 21.3. The topological polar surface area (TPSA) is 182 Å². The van der Waals surface area contributed by atoms with E-state index >= 15 is 0 Å². The van der Waals surface area contributed by atoms with Crippen LogP contribution in [0.4, 0.5) is 0 Å². The van der Waals surface area contributed by atoms with Crippen LogP contribution in [0, 0.1) is 13.8 Å². The highest BCUT2D eigenvalue weighted by atomic mass is 16.4. The molecule has 0 saturated carbocycles. The van der Waals surface area contributed by atoms with Crippen molar-refractivity contribution in [1.29, 1.82) is 0 Å². The zero-order chi connectivity index (χ0) is 33.2. The first-order valence-corrected chi connectivity index (χ1v) is 14.2. The van der Waals surface area contributed by atoms with Crippen LogP contribution in [0.3, 0.4) is 0 Å². The Morgan fingerprint density at radius 1 is 0.844 bits per heavy atom. The molecule has 0 fully saturated rings. The van der Waals surface area contributed by atoms with E-state index in [0.717, 1.165) is 17.4 Å². The number of nitrogens with zero attached hydrogens (tertiary/aromatic N) is 1. The minimum atomic E-state index is -1.02. The lowest BCUT2D eigenvalue weighted by Gasteiger charge is -2.06. The minimum absolute atomic E-state index is 0.0988. The van der Waals surface area contributed by atoms with Crippen molar-refractivity contribution in [3.63, 3.8) is 0 Å². The van der Waals surface area contributed by atoms with Gasteiger partial charge in [-0.3, -0.25) is 24.0 Å². The van der Waals surface area contributed by atoms with Gasteiger partial charge in [0.1, 0.15) is 5.71 Å². The maximum absolute atomic E-state index is 14.1. The number of Topliss-reactive ketones (excluding diaryl/α,β-unsaturated/α-hetero) is 1. The molecule has 4 rings (SSSR count). The molecule has 0 aromatic carbocycles. The van der Waals surface area contributed by atoms with Crippen LogP contribution in [0.5, 0.6) is 0 Å². The molecule has 0 spiro atoms. The van der Waals surface area contributed by atoms with Gasteiger partial charge in [-0.1, -0.05) is 25.3 Å². The van der Waals surface area contributed by atoms with Crippen LogP contribution in [0.2, 0.25) is 0 Å². The number of nitrogens with one attached hydrogen (secondary N) is 3. The standard InChI is InChI=1S/C34H34N4O7/c1-7-20-16(3)28(15-39)35-25(20)13-24-17(4)21(8-2)32(36-24)33(44)31-18(5)22(9-11-29(40)41)26(37-31)14-27-23(10-12-30(42)43)19(6)34(45)38-27/h7-8,13-15,35,37H,1-2,9-12H2,3-6H3,(H,38,45)(H,40,41)(H,42,43)/b24-13+,27-14+. The van der Waals surface area contributed by atoms with Gasteiger partial charge in [-0.15, -0.1) is 0 Å². The van der Waals surface area contributed by atoms with Crippen molar-refractivity contribution in [2.24, 2.45) is 4.99 Å². The van der Waals surface area contributed by atoms with Crippen molar-refractivity contribution < 1.29 is 34.2 Å². The summed E-state index contributed by atoms with van der Waals surface area (Å²) >= 11 is 0. The number of carboxylic acids is 2. The molecular formula is C34H34N4O7. The van der Waals surface area contributed by atoms with Gasteiger partial charge in [0.25, 0.3) is 5.91 Å². The minimum Gasteiger partial charge on any atom is -0.481 e. The molecule has 232 valence electrons. The van der Waals surface area contributed by atoms with Gasteiger partial charge in [-0.2, -0.15) is 0 Å². The van der Waals surface area contributed by atoms with E-state index in [9.17, 15) is 34.2 Å². The van der Waals surface area contributed by atoms with Crippen LogP contribution in [0.1, 0.15) is 87.7 Å². The Morgan fingerprint density at radius 2 is 1.51 bits per heavy atom. The Bertz CT molecular complexity index is 1850. The lowest BCUT2D eigenvalue weighted by Crippen LogP contribution is -2.16. The normalized spacial score (nSPS) is 16.4. The molecule has 1 amide bonds. The second-order valence-electron chi connectivity index (χ2n) is 10.8. The van der Waals surface area contributed by atoms with E-state index in [1.54, 1.807) is 45.1 Å². The summed E-state index contributed by atoms with van der Waals surface area (Å²) in [5.41, 5.74) is 7.34. The number of aldehydes is 1. The summed E-state index contributed by atoms with van der Waals surface area (Å²) in [6.45, 7) is 14.6. The molecule has 2 aliphatic rings. The number of aliphatic carboxylic acids is 2. The number of aliphatic imine (C=N–C) groups is 1. The Kier molecular flexibility index (Phi) is 9.32. The third kappa shape index (κ3) is 6.23. The molecule has 11 heteroatoms. The van der Waals surface area contributed by atoms with Crippen LogP contribution in [-0.2, 0) is 20.8 Å². The van der Waals surface area contributed by atoms with Gasteiger partial charge in [-0.25, -0.2) is 4.99 Å². The molecule has 5 N–H and O–H groups in total. The van der Waals surface area contributed by atoms with E-state index < -0.39 is 17.7 Å². The van der Waals surface area contributed by atoms with E-state index in [1.807, 2.05) is 6.92 Å². The molecule has 11 nitrogen and oxygen atoms in total. The fourth-order valence-corrected chi connectivity index (χ4v) is 5.56. The van der Waals surface area contributed by atoms with E-state index in [-0.39, 0.29) is 43.0 Å². The molecule has 0 bridgehead atoms. The molecule has 2 aromatic rings. The van der Waals surface area contributed by atoms with Crippen molar-refractivity contribution in [3.05, 3.63) is 97.9 Å². The lowest BCUT2D eigenvalue weighted by molar-refractivity contribution is -0.138. The van der Waals surface area contributed by atoms with E-state index in [2.05, 4.69) is 33.4 Å². The quantitative estimate of drug-likeness (QED) is 0.151. The number of carbonyl (C=O) groups excluding carboxylic acids is 3. The Labute approximate surface area is 259 Å². The van der Waals surface area contributed by atoms with Crippen LogP contribution >= 0.6 is 0 Å². The van der Waals surface area contributed by atoms with Crippen LogP contribution in [0.25, 0.3) is 18.2 Å². The van der Waals surface area contributed by atoms with Gasteiger partial charge in [0.05, 0.1) is 17.1 Å². The fourth-order valence-electron chi connectivity index (χ4n) is 5.56. The van der Waals surface area contributed by atoms with Crippen molar-refractivity contribution in [3.8, 4) is 0 Å². The van der Waals surface area contributed by atoms with Gasteiger partial charge in [0, 0.05) is 46.6 Å². The maximum atomic E-state index is 14.1. The second kappa shape index (κ2) is 13.0. The average Bonchev–Trinajstić information content (AvgIpc) is 3.67. The first kappa shape index (κ1) is 32.3. The fraction of sp³-hybridized carbons (Fsp3) is 0.235. The van der Waals surface area contributed by atoms with E-state index in [1.165, 1.54) is 0 Å².